The smallest absolute Gasteiger partial charge is 0.346 e. The summed E-state index contributed by atoms with van der Waals surface area (Å²) in [6.07, 6.45) is 0. The van der Waals surface area contributed by atoms with E-state index in [0.29, 0.717) is 11.4 Å². The molecule has 6 rings (SSSR count). The van der Waals surface area contributed by atoms with Crippen LogP contribution in [0.2, 0.25) is 0 Å². The van der Waals surface area contributed by atoms with E-state index in [2.05, 4.69) is 25.4 Å². The second-order valence-corrected chi connectivity index (χ2v) is 8.40. The van der Waals surface area contributed by atoms with Crippen molar-refractivity contribution < 1.29 is 28.7 Å². The fourth-order valence-electron chi connectivity index (χ4n) is 4.10. The van der Waals surface area contributed by atoms with Crippen LogP contribution >= 0.6 is 0 Å². The van der Waals surface area contributed by atoms with Crippen LogP contribution in [0.3, 0.4) is 0 Å². The molecular weight excluding hydrogens is 474 g/mol. The Morgan fingerprint density at radius 1 is 0.351 bits per heavy atom. The predicted molar refractivity (Wildman–Crippen MR) is 135 cm³/mol. The van der Waals surface area contributed by atoms with Crippen LogP contribution in [0.15, 0.2) is 84.9 Å². The van der Waals surface area contributed by atoms with Crippen molar-refractivity contribution in [1.29, 1.82) is 0 Å². The zero-order chi connectivity index (χ0) is 25.5. The summed E-state index contributed by atoms with van der Waals surface area (Å²) in [6.45, 7) is 0. The lowest BCUT2D eigenvalue weighted by Crippen LogP contribution is -1.97. The van der Waals surface area contributed by atoms with Gasteiger partial charge in [0.15, 0.2) is 0 Å². The predicted octanol–water partition coefficient (Wildman–Crippen LogP) is 5.54. The van der Waals surface area contributed by atoms with Crippen molar-refractivity contribution >= 4 is 58.0 Å². The highest BCUT2D eigenvalue weighted by atomic mass is 16.6. The molecule has 0 saturated heterocycles. The molecule has 3 N–H and O–H groups in total. The Balaban J connectivity index is 1.09. The molecule has 9 heteroatoms. The molecule has 0 unspecified atom stereocenters. The molecule has 4 aromatic rings. The lowest BCUT2D eigenvalue weighted by atomic mass is 10.1. The van der Waals surface area contributed by atoms with E-state index in [4.69, 9.17) is 0 Å². The number of nitrogens with one attached hydrogen (secondary N) is 3. The zero-order valence-electron chi connectivity index (χ0n) is 19.0. The molecule has 0 amide bonds. The first-order valence-corrected chi connectivity index (χ1v) is 11.3. The highest BCUT2D eigenvalue weighted by Gasteiger charge is 2.30. The van der Waals surface area contributed by atoms with Gasteiger partial charge in [0.1, 0.15) is 0 Å². The van der Waals surface area contributed by atoms with Crippen LogP contribution in [0.4, 0.5) is 34.1 Å². The normalized spacial score (nSPS) is 13.5. The third-order valence-electron chi connectivity index (χ3n) is 5.93. The molecule has 37 heavy (non-hydrogen) atoms. The van der Waals surface area contributed by atoms with Crippen LogP contribution in [0.1, 0.15) is 41.4 Å². The summed E-state index contributed by atoms with van der Waals surface area (Å²) in [4.78, 5) is 46.7. The fraction of sp³-hybridized carbons (Fsp3) is 0. The van der Waals surface area contributed by atoms with Gasteiger partial charge in [-0.25, -0.2) is 19.2 Å². The van der Waals surface area contributed by atoms with Gasteiger partial charge < -0.3 is 25.4 Å². The van der Waals surface area contributed by atoms with Gasteiger partial charge in [-0.15, -0.1) is 0 Å². The summed E-state index contributed by atoms with van der Waals surface area (Å²) >= 11 is 0. The highest BCUT2D eigenvalue weighted by molar-refractivity contribution is 6.16. The number of carbonyl (C=O) groups excluding carboxylic acids is 4. The van der Waals surface area contributed by atoms with E-state index in [1.807, 2.05) is 48.5 Å². The quantitative estimate of drug-likeness (QED) is 0.236. The molecule has 0 atom stereocenters. The second kappa shape index (κ2) is 8.65. The maximum Gasteiger partial charge on any atom is 0.346 e. The largest absolute Gasteiger partial charge is 0.386 e. The standard InChI is InChI=1S/C28H17N3O6/c32-25-21-11-9-19(13-23(21)27(34)36-25)30-17-5-1-15(2-6-17)29-16-3-7-18(8-4-16)31-20-10-12-22-24(14-20)28(35)37-26(22)33/h1-14,29-31H. The summed E-state index contributed by atoms with van der Waals surface area (Å²) in [5.74, 6) is -2.53. The first kappa shape index (κ1) is 22.1. The molecule has 9 nitrogen and oxygen atoms in total. The van der Waals surface area contributed by atoms with Crippen molar-refractivity contribution in [3.8, 4) is 0 Å². The van der Waals surface area contributed by atoms with Crippen LogP contribution in [0, 0.1) is 0 Å². The van der Waals surface area contributed by atoms with E-state index >= 15 is 0 Å². The number of benzene rings is 4. The van der Waals surface area contributed by atoms with E-state index in [1.165, 1.54) is 0 Å². The lowest BCUT2D eigenvalue weighted by molar-refractivity contribution is 0.0425. The SMILES string of the molecule is O=C1OC(=O)c2cc(Nc3ccc(Nc4ccc(Nc5ccc6c(c5)C(=O)OC6=O)cc4)cc3)ccc21. The van der Waals surface area contributed by atoms with E-state index in [9.17, 15) is 19.2 Å². The van der Waals surface area contributed by atoms with Gasteiger partial charge in [-0.05, 0) is 84.9 Å². The summed E-state index contributed by atoms with van der Waals surface area (Å²) in [6, 6.07) is 24.9. The number of ether oxygens (including phenoxy) is 2. The minimum atomic E-state index is -0.641. The summed E-state index contributed by atoms with van der Waals surface area (Å²) < 4.78 is 9.25. The number of fused-ring (bicyclic) bond motifs is 2. The average molecular weight is 491 g/mol. The molecule has 0 radical (unpaired) electrons. The van der Waals surface area contributed by atoms with Gasteiger partial charge in [-0.2, -0.15) is 0 Å². The van der Waals surface area contributed by atoms with E-state index in [0.717, 1.165) is 22.7 Å². The summed E-state index contributed by atoms with van der Waals surface area (Å²) in [7, 11) is 0. The molecule has 0 bridgehead atoms. The number of carbonyl (C=O) groups is 4. The molecule has 0 saturated carbocycles. The average Bonchev–Trinajstić information content (AvgIpc) is 3.34. The Labute approximate surface area is 210 Å². The molecular formula is C28H17N3O6. The number of cyclic esters (lactones) is 4. The van der Waals surface area contributed by atoms with Crippen LogP contribution in [-0.2, 0) is 9.47 Å². The van der Waals surface area contributed by atoms with Gasteiger partial charge in [0.2, 0.25) is 0 Å². The Morgan fingerprint density at radius 2 is 0.622 bits per heavy atom. The van der Waals surface area contributed by atoms with Gasteiger partial charge in [0, 0.05) is 34.1 Å². The van der Waals surface area contributed by atoms with Crippen molar-refractivity contribution in [2.75, 3.05) is 16.0 Å². The molecule has 180 valence electrons. The van der Waals surface area contributed by atoms with Crippen molar-refractivity contribution in [2.45, 2.75) is 0 Å². The Bertz CT molecular complexity index is 1490. The molecule has 4 aromatic carbocycles. The van der Waals surface area contributed by atoms with Crippen LogP contribution in [0.25, 0.3) is 0 Å². The van der Waals surface area contributed by atoms with Crippen molar-refractivity contribution in [1.82, 2.24) is 0 Å². The number of hydrogen-bond acceptors (Lipinski definition) is 9. The van der Waals surface area contributed by atoms with Crippen molar-refractivity contribution in [3.63, 3.8) is 0 Å². The minimum absolute atomic E-state index is 0.250. The van der Waals surface area contributed by atoms with Gasteiger partial charge in [-0.3, -0.25) is 0 Å². The topological polar surface area (TPSA) is 123 Å². The van der Waals surface area contributed by atoms with E-state index in [1.54, 1.807) is 36.4 Å². The maximum atomic E-state index is 11.8. The first-order valence-electron chi connectivity index (χ1n) is 11.3. The van der Waals surface area contributed by atoms with E-state index < -0.39 is 23.9 Å². The van der Waals surface area contributed by atoms with Gasteiger partial charge in [-0.1, -0.05) is 0 Å². The molecule has 0 spiro atoms. The fourth-order valence-corrected chi connectivity index (χ4v) is 4.10. The molecule has 0 fully saturated rings. The molecule has 2 aliphatic heterocycles. The molecule has 0 aliphatic carbocycles. The van der Waals surface area contributed by atoms with Gasteiger partial charge in [0.05, 0.1) is 22.3 Å². The summed E-state index contributed by atoms with van der Waals surface area (Å²) in [5, 5.41) is 9.74. The third-order valence-corrected chi connectivity index (χ3v) is 5.93. The van der Waals surface area contributed by atoms with Crippen molar-refractivity contribution in [2.24, 2.45) is 0 Å². The Morgan fingerprint density at radius 3 is 0.973 bits per heavy atom. The number of esters is 4. The zero-order valence-corrected chi connectivity index (χ0v) is 19.0. The lowest BCUT2D eigenvalue weighted by Gasteiger charge is -2.11. The Kier molecular flexibility index (Phi) is 5.16. The number of rotatable bonds is 6. The second-order valence-electron chi connectivity index (χ2n) is 8.40. The molecule has 2 heterocycles. The van der Waals surface area contributed by atoms with Gasteiger partial charge in [0.25, 0.3) is 0 Å². The summed E-state index contributed by atoms with van der Waals surface area (Å²) in [5.41, 5.74) is 5.73. The highest BCUT2D eigenvalue weighted by Crippen LogP contribution is 2.28. The molecule has 2 aliphatic rings. The van der Waals surface area contributed by atoms with Crippen LogP contribution in [0.5, 0.6) is 0 Å². The van der Waals surface area contributed by atoms with Crippen LogP contribution < -0.4 is 16.0 Å². The number of anilines is 6. The first-order chi connectivity index (χ1) is 17.9. The third kappa shape index (κ3) is 4.25. The van der Waals surface area contributed by atoms with Gasteiger partial charge >= 0.3 is 23.9 Å². The monoisotopic (exact) mass is 491 g/mol. The van der Waals surface area contributed by atoms with Crippen LogP contribution in [-0.4, -0.2) is 23.9 Å². The number of hydrogen-bond donors (Lipinski definition) is 3. The van der Waals surface area contributed by atoms with Crippen molar-refractivity contribution in [3.05, 3.63) is 107 Å². The Hall–Kier alpha value is -5.44. The minimum Gasteiger partial charge on any atom is -0.386 e. The van der Waals surface area contributed by atoms with E-state index in [-0.39, 0.29) is 22.3 Å². The maximum absolute atomic E-state index is 11.8. The molecule has 0 aromatic heterocycles.